The standard InChI is InChI=1S/C18H14Cl3N3O3/c1-18(11-7-6-10(19)8-13(11)21)16(26)24(17(27)23-18)9-15(25)22-14-5-3-2-4-12(14)20/h2-8H,9H2,1H3,(H,22,25)(H,23,27). The summed E-state index contributed by atoms with van der Waals surface area (Å²) in [6, 6.07) is 10.6. The second-order valence-corrected chi connectivity index (χ2v) is 7.35. The molecule has 9 heteroatoms. The monoisotopic (exact) mass is 425 g/mol. The van der Waals surface area contributed by atoms with Crippen LogP contribution in [0.1, 0.15) is 12.5 Å². The van der Waals surface area contributed by atoms with Crippen LogP contribution in [0.2, 0.25) is 15.1 Å². The van der Waals surface area contributed by atoms with Gasteiger partial charge in [-0.3, -0.25) is 14.5 Å². The van der Waals surface area contributed by atoms with Crippen LogP contribution in [0.4, 0.5) is 10.5 Å². The quantitative estimate of drug-likeness (QED) is 0.724. The molecule has 3 rings (SSSR count). The van der Waals surface area contributed by atoms with Crippen molar-refractivity contribution in [3.63, 3.8) is 0 Å². The number of hydrogen-bond donors (Lipinski definition) is 2. The molecule has 0 saturated carbocycles. The van der Waals surface area contributed by atoms with Crippen molar-refractivity contribution in [2.45, 2.75) is 12.5 Å². The molecule has 1 aliphatic rings. The molecule has 27 heavy (non-hydrogen) atoms. The van der Waals surface area contributed by atoms with Gasteiger partial charge in [0.1, 0.15) is 12.1 Å². The number of anilines is 1. The van der Waals surface area contributed by atoms with Gasteiger partial charge in [-0.15, -0.1) is 0 Å². The van der Waals surface area contributed by atoms with Crippen molar-refractivity contribution in [1.29, 1.82) is 0 Å². The molecule has 1 aliphatic heterocycles. The Labute approximate surface area is 170 Å². The van der Waals surface area contributed by atoms with Gasteiger partial charge in [-0.25, -0.2) is 4.79 Å². The molecular weight excluding hydrogens is 413 g/mol. The van der Waals surface area contributed by atoms with E-state index in [-0.39, 0.29) is 5.02 Å². The van der Waals surface area contributed by atoms with Crippen LogP contribution >= 0.6 is 34.8 Å². The van der Waals surface area contributed by atoms with E-state index in [0.29, 0.717) is 21.3 Å². The Balaban J connectivity index is 1.80. The Morgan fingerprint density at radius 3 is 2.48 bits per heavy atom. The smallest absolute Gasteiger partial charge is 0.323 e. The van der Waals surface area contributed by atoms with Crippen LogP contribution in [0.3, 0.4) is 0 Å². The fourth-order valence-electron chi connectivity index (χ4n) is 2.81. The van der Waals surface area contributed by atoms with E-state index in [1.54, 1.807) is 36.4 Å². The Morgan fingerprint density at radius 1 is 1.11 bits per heavy atom. The zero-order chi connectivity index (χ0) is 19.8. The predicted molar refractivity (Wildman–Crippen MR) is 104 cm³/mol. The number of urea groups is 1. The Morgan fingerprint density at radius 2 is 1.81 bits per heavy atom. The van der Waals surface area contributed by atoms with Crippen LogP contribution in [-0.2, 0) is 15.1 Å². The van der Waals surface area contributed by atoms with Gasteiger partial charge in [-0.1, -0.05) is 53.0 Å². The van der Waals surface area contributed by atoms with Crippen LogP contribution in [0.5, 0.6) is 0 Å². The third-order valence-electron chi connectivity index (χ3n) is 4.19. The molecule has 0 aromatic heterocycles. The third kappa shape index (κ3) is 3.74. The first-order chi connectivity index (χ1) is 12.7. The van der Waals surface area contributed by atoms with E-state index < -0.39 is 29.9 Å². The van der Waals surface area contributed by atoms with Crippen LogP contribution in [0.25, 0.3) is 0 Å². The van der Waals surface area contributed by atoms with Crippen molar-refractivity contribution in [3.05, 3.63) is 63.1 Å². The molecule has 2 aromatic rings. The van der Waals surface area contributed by atoms with Crippen molar-refractivity contribution in [2.24, 2.45) is 0 Å². The summed E-state index contributed by atoms with van der Waals surface area (Å²) in [6.07, 6.45) is 0. The second-order valence-electron chi connectivity index (χ2n) is 6.10. The number of carbonyl (C=O) groups is 3. The first-order valence-electron chi connectivity index (χ1n) is 7.86. The van der Waals surface area contributed by atoms with Gasteiger partial charge in [-0.05, 0) is 31.2 Å². The number of nitrogens with one attached hydrogen (secondary N) is 2. The normalized spacial score (nSPS) is 19.2. The zero-order valence-corrected chi connectivity index (χ0v) is 16.3. The third-order valence-corrected chi connectivity index (χ3v) is 5.07. The molecule has 1 saturated heterocycles. The number of benzene rings is 2. The molecular formula is C18H14Cl3N3O3. The lowest BCUT2D eigenvalue weighted by Crippen LogP contribution is -2.42. The van der Waals surface area contributed by atoms with Gasteiger partial charge < -0.3 is 10.6 Å². The van der Waals surface area contributed by atoms with Gasteiger partial charge in [0.15, 0.2) is 0 Å². The molecule has 0 spiro atoms. The Bertz CT molecular complexity index is 950. The molecule has 0 aliphatic carbocycles. The molecule has 2 N–H and O–H groups in total. The van der Waals surface area contributed by atoms with Crippen LogP contribution in [0.15, 0.2) is 42.5 Å². The SMILES string of the molecule is CC1(c2ccc(Cl)cc2Cl)NC(=O)N(CC(=O)Nc2ccccc2Cl)C1=O. The maximum Gasteiger partial charge on any atom is 0.325 e. The summed E-state index contributed by atoms with van der Waals surface area (Å²) in [4.78, 5) is 38.3. The molecule has 1 heterocycles. The number of hydrogen-bond acceptors (Lipinski definition) is 3. The lowest BCUT2D eigenvalue weighted by molar-refractivity contribution is -0.133. The lowest BCUT2D eigenvalue weighted by Gasteiger charge is -2.23. The van der Waals surface area contributed by atoms with Crippen molar-refractivity contribution in [2.75, 3.05) is 11.9 Å². The molecule has 4 amide bonds. The zero-order valence-electron chi connectivity index (χ0n) is 14.1. The van der Waals surface area contributed by atoms with Gasteiger partial charge in [0.2, 0.25) is 5.91 Å². The molecule has 140 valence electrons. The fourth-order valence-corrected chi connectivity index (χ4v) is 3.59. The lowest BCUT2D eigenvalue weighted by atomic mass is 9.92. The van der Waals surface area contributed by atoms with E-state index in [1.807, 2.05) is 0 Å². The van der Waals surface area contributed by atoms with Crippen LogP contribution in [0, 0.1) is 0 Å². The molecule has 6 nitrogen and oxygen atoms in total. The summed E-state index contributed by atoms with van der Waals surface area (Å²) in [6.45, 7) is 1.06. The molecule has 1 atom stereocenters. The number of amides is 4. The van der Waals surface area contributed by atoms with Crippen molar-refractivity contribution in [1.82, 2.24) is 10.2 Å². The summed E-state index contributed by atoms with van der Waals surface area (Å²) in [5.41, 5.74) is -0.621. The average molecular weight is 427 g/mol. The molecule has 1 unspecified atom stereocenters. The number of rotatable bonds is 4. The fraction of sp³-hybridized carbons (Fsp3) is 0.167. The highest BCUT2D eigenvalue weighted by Crippen LogP contribution is 2.35. The van der Waals surface area contributed by atoms with Gasteiger partial charge in [0.05, 0.1) is 10.7 Å². The van der Waals surface area contributed by atoms with Crippen LogP contribution in [-0.4, -0.2) is 29.3 Å². The van der Waals surface area contributed by atoms with Gasteiger partial charge in [0, 0.05) is 15.6 Å². The van der Waals surface area contributed by atoms with Crippen molar-refractivity contribution < 1.29 is 14.4 Å². The summed E-state index contributed by atoms with van der Waals surface area (Å²) in [7, 11) is 0. The highest BCUT2D eigenvalue weighted by molar-refractivity contribution is 6.35. The minimum absolute atomic E-state index is 0.237. The van der Waals surface area contributed by atoms with E-state index in [9.17, 15) is 14.4 Å². The molecule has 1 fully saturated rings. The molecule has 0 bridgehead atoms. The first-order valence-corrected chi connectivity index (χ1v) is 9.00. The number of nitrogens with zero attached hydrogens (tertiary/aromatic N) is 1. The highest BCUT2D eigenvalue weighted by atomic mass is 35.5. The first kappa shape index (κ1) is 19.5. The van der Waals surface area contributed by atoms with E-state index in [2.05, 4.69) is 10.6 Å². The summed E-state index contributed by atoms with van der Waals surface area (Å²) < 4.78 is 0. The number of imide groups is 1. The number of carbonyl (C=O) groups excluding carboxylic acids is 3. The van der Waals surface area contributed by atoms with Crippen LogP contribution < -0.4 is 10.6 Å². The van der Waals surface area contributed by atoms with E-state index in [0.717, 1.165) is 4.90 Å². The summed E-state index contributed by atoms with van der Waals surface area (Å²) >= 11 is 18.1. The Kier molecular flexibility index (Phi) is 5.33. The molecule has 0 radical (unpaired) electrons. The summed E-state index contributed by atoms with van der Waals surface area (Å²) in [5, 5.41) is 6.15. The van der Waals surface area contributed by atoms with E-state index in [1.165, 1.54) is 13.0 Å². The maximum atomic E-state index is 12.9. The maximum absolute atomic E-state index is 12.9. The number of para-hydroxylation sites is 1. The average Bonchev–Trinajstić information content (AvgIpc) is 2.81. The number of halogens is 3. The van der Waals surface area contributed by atoms with Crippen molar-refractivity contribution >= 4 is 58.3 Å². The van der Waals surface area contributed by atoms with Gasteiger partial charge in [0.25, 0.3) is 5.91 Å². The minimum Gasteiger partial charge on any atom is -0.323 e. The highest BCUT2D eigenvalue weighted by Gasteiger charge is 2.50. The topological polar surface area (TPSA) is 78.5 Å². The van der Waals surface area contributed by atoms with E-state index in [4.69, 9.17) is 34.8 Å². The minimum atomic E-state index is -1.40. The van der Waals surface area contributed by atoms with E-state index >= 15 is 0 Å². The molecule has 2 aromatic carbocycles. The summed E-state index contributed by atoms with van der Waals surface area (Å²) in [5.74, 6) is -1.15. The van der Waals surface area contributed by atoms with Gasteiger partial charge >= 0.3 is 6.03 Å². The van der Waals surface area contributed by atoms with Crippen molar-refractivity contribution in [3.8, 4) is 0 Å². The second kappa shape index (κ2) is 7.38. The van der Waals surface area contributed by atoms with Gasteiger partial charge in [-0.2, -0.15) is 0 Å². The predicted octanol–water partition coefficient (Wildman–Crippen LogP) is 4.05. The largest absolute Gasteiger partial charge is 0.325 e. The Hall–Kier alpha value is -2.28.